The maximum absolute atomic E-state index is 5.37. The third-order valence-electron chi connectivity index (χ3n) is 11.6. The number of allylic oxidation sites excluding steroid dienone is 2. The molecule has 8 aromatic carbocycles. The molecule has 0 aliphatic heterocycles. The van der Waals surface area contributed by atoms with Crippen LogP contribution in [0.5, 0.6) is 0 Å². The average Bonchev–Trinajstić information content (AvgIpc) is 3.72. The molecule has 11 aromatic rings. The summed E-state index contributed by atoms with van der Waals surface area (Å²) in [7, 11) is 0. The van der Waals surface area contributed by atoms with E-state index >= 15 is 0 Å². The number of hydrogen-bond acceptors (Lipinski definition) is 4. The number of thiophene rings is 1. The summed E-state index contributed by atoms with van der Waals surface area (Å²) in [5.74, 6) is 0.697. The Morgan fingerprint density at radius 1 is 0.483 bits per heavy atom. The van der Waals surface area contributed by atoms with E-state index in [1.165, 1.54) is 47.5 Å². The number of hydrogen-bond donors (Lipinski definition) is 0. The quantitative estimate of drug-likeness (QED) is 0.119. The van der Waals surface area contributed by atoms with Crippen molar-refractivity contribution in [3.05, 3.63) is 211 Å². The first kappa shape index (κ1) is 35.6. The Balaban J connectivity index is 0.986. The zero-order valence-electron chi connectivity index (χ0n) is 32.9. The number of nitrogens with zero attached hydrogens (tertiary/aromatic N) is 3. The largest absolute Gasteiger partial charge is 0.247 e. The third-order valence-corrected chi connectivity index (χ3v) is 12.8. The Kier molecular flexibility index (Phi) is 8.72. The first-order valence-electron chi connectivity index (χ1n) is 20.2. The van der Waals surface area contributed by atoms with Gasteiger partial charge in [0.25, 0.3) is 0 Å². The smallest absolute Gasteiger partial charge is 0.160 e. The van der Waals surface area contributed by atoms with E-state index in [0.29, 0.717) is 5.82 Å². The SMILES string of the molecule is C=C(/C=C\c1c(C)c2ccccc2c2ccccc12)c1nc2ccc(-c3ccc(-c4nc(-c5ccccc5)cc(-c5ccccc5)n4)cc3)cc2c2sc3ccccc3c12. The molecule has 3 aromatic heterocycles. The Labute approximate surface area is 352 Å². The molecule has 3 nitrogen and oxygen atoms in total. The van der Waals surface area contributed by atoms with Gasteiger partial charge in [0, 0.05) is 42.2 Å². The van der Waals surface area contributed by atoms with Gasteiger partial charge in [-0.3, -0.25) is 0 Å². The van der Waals surface area contributed by atoms with E-state index in [2.05, 4.69) is 171 Å². The number of rotatable bonds is 7. The maximum Gasteiger partial charge on any atom is 0.160 e. The molecule has 0 aliphatic rings. The predicted molar refractivity (Wildman–Crippen MR) is 256 cm³/mol. The fourth-order valence-corrected chi connectivity index (χ4v) is 9.83. The van der Waals surface area contributed by atoms with Crippen molar-refractivity contribution in [2.45, 2.75) is 6.92 Å². The van der Waals surface area contributed by atoms with Gasteiger partial charge in [0.05, 0.1) is 22.6 Å². The highest BCUT2D eigenvalue weighted by molar-refractivity contribution is 7.26. The van der Waals surface area contributed by atoms with Crippen molar-refractivity contribution in [2.75, 3.05) is 0 Å². The number of fused-ring (bicyclic) bond motifs is 8. The van der Waals surface area contributed by atoms with E-state index in [9.17, 15) is 0 Å². The molecule has 0 saturated carbocycles. The summed E-state index contributed by atoms with van der Waals surface area (Å²) in [4.78, 5) is 15.5. The first-order chi connectivity index (χ1) is 29.6. The molecular formula is C56H37N3S. The average molecular weight is 784 g/mol. The van der Waals surface area contributed by atoms with Crippen molar-refractivity contribution in [1.29, 1.82) is 0 Å². The predicted octanol–water partition coefficient (Wildman–Crippen LogP) is 15.4. The molecule has 282 valence electrons. The molecule has 3 heterocycles. The number of pyridine rings is 1. The molecule has 60 heavy (non-hydrogen) atoms. The van der Waals surface area contributed by atoms with Gasteiger partial charge in [-0.05, 0) is 80.6 Å². The van der Waals surface area contributed by atoms with Gasteiger partial charge in [-0.15, -0.1) is 11.3 Å². The van der Waals surface area contributed by atoms with Gasteiger partial charge in [0.15, 0.2) is 5.82 Å². The van der Waals surface area contributed by atoms with Crippen LogP contribution in [0, 0.1) is 6.92 Å². The minimum Gasteiger partial charge on any atom is -0.247 e. The summed E-state index contributed by atoms with van der Waals surface area (Å²) >= 11 is 1.82. The highest BCUT2D eigenvalue weighted by Crippen LogP contribution is 2.43. The van der Waals surface area contributed by atoms with E-state index in [1.807, 2.05) is 47.7 Å². The summed E-state index contributed by atoms with van der Waals surface area (Å²) in [6, 6.07) is 63.9. The molecule has 0 spiro atoms. The highest BCUT2D eigenvalue weighted by atomic mass is 32.1. The highest BCUT2D eigenvalue weighted by Gasteiger charge is 2.18. The fourth-order valence-electron chi connectivity index (χ4n) is 8.60. The molecule has 0 saturated heterocycles. The van der Waals surface area contributed by atoms with Crippen LogP contribution in [-0.2, 0) is 0 Å². The van der Waals surface area contributed by atoms with E-state index in [0.717, 1.165) is 66.8 Å². The van der Waals surface area contributed by atoms with Crippen LogP contribution >= 0.6 is 11.3 Å². The summed E-state index contributed by atoms with van der Waals surface area (Å²) in [5.41, 5.74) is 12.3. The monoisotopic (exact) mass is 783 g/mol. The molecular weight excluding hydrogens is 747 g/mol. The van der Waals surface area contributed by atoms with Crippen LogP contribution < -0.4 is 0 Å². The Hall–Kier alpha value is -7.53. The topological polar surface area (TPSA) is 38.7 Å². The lowest BCUT2D eigenvalue weighted by Crippen LogP contribution is -1.96. The van der Waals surface area contributed by atoms with Crippen LogP contribution in [0.4, 0.5) is 0 Å². The molecule has 0 aliphatic carbocycles. The van der Waals surface area contributed by atoms with Gasteiger partial charge in [-0.1, -0.05) is 176 Å². The van der Waals surface area contributed by atoms with Gasteiger partial charge in [-0.25, -0.2) is 15.0 Å². The van der Waals surface area contributed by atoms with Gasteiger partial charge in [-0.2, -0.15) is 0 Å². The Morgan fingerprint density at radius 2 is 1.03 bits per heavy atom. The van der Waals surface area contributed by atoms with Crippen LogP contribution in [0.2, 0.25) is 0 Å². The summed E-state index contributed by atoms with van der Waals surface area (Å²) in [6.45, 7) is 6.87. The van der Waals surface area contributed by atoms with Crippen molar-refractivity contribution in [3.63, 3.8) is 0 Å². The number of aryl methyl sites for hydroxylation is 1. The molecule has 0 unspecified atom stereocenters. The minimum absolute atomic E-state index is 0.697. The summed E-state index contributed by atoms with van der Waals surface area (Å²) in [6.07, 6.45) is 4.39. The lowest BCUT2D eigenvalue weighted by atomic mass is 9.91. The van der Waals surface area contributed by atoms with Crippen molar-refractivity contribution in [1.82, 2.24) is 15.0 Å². The summed E-state index contributed by atoms with van der Waals surface area (Å²) in [5, 5.41) is 8.52. The van der Waals surface area contributed by atoms with Crippen molar-refractivity contribution in [2.24, 2.45) is 0 Å². The van der Waals surface area contributed by atoms with Crippen molar-refractivity contribution in [3.8, 4) is 45.0 Å². The normalized spacial score (nSPS) is 11.8. The van der Waals surface area contributed by atoms with Gasteiger partial charge in [0.1, 0.15) is 0 Å². The van der Waals surface area contributed by atoms with E-state index in [1.54, 1.807) is 0 Å². The van der Waals surface area contributed by atoms with E-state index in [4.69, 9.17) is 15.0 Å². The Morgan fingerprint density at radius 3 is 1.72 bits per heavy atom. The van der Waals surface area contributed by atoms with Crippen LogP contribution in [0.3, 0.4) is 0 Å². The lowest BCUT2D eigenvalue weighted by Gasteiger charge is -2.13. The molecule has 11 rings (SSSR count). The maximum atomic E-state index is 5.37. The van der Waals surface area contributed by atoms with Crippen LogP contribution in [-0.4, -0.2) is 15.0 Å². The molecule has 0 fully saturated rings. The summed E-state index contributed by atoms with van der Waals surface area (Å²) < 4.78 is 2.45. The van der Waals surface area contributed by atoms with Gasteiger partial charge in [0.2, 0.25) is 0 Å². The second kappa shape index (κ2) is 14.7. The van der Waals surface area contributed by atoms with Crippen LogP contribution in [0.25, 0.3) is 109 Å². The van der Waals surface area contributed by atoms with Gasteiger partial charge < -0.3 is 0 Å². The number of benzene rings is 8. The molecule has 0 radical (unpaired) electrons. The van der Waals surface area contributed by atoms with Crippen molar-refractivity contribution < 1.29 is 0 Å². The first-order valence-corrected chi connectivity index (χ1v) is 21.0. The van der Waals surface area contributed by atoms with E-state index in [-0.39, 0.29) is 0 Å². The second-order valence-electron chi connectivity index (χ2n) is 15.3. The van der Waals surface area contributed by atoms with Crippen molar-refractivity contribution >= 4 is 75.6 Å². The zero-order chi connectivity index (χ0) is 40.2. The lowest BCUT2D eigenvalue weighted by molar-refractivity contribution is 1.18. The molecule has 0 N–H and O–H groups in total. The zero-order valence-corrected chi connectivity index (χ0v) is 33.7. The molecule has 0 amide bonds. The number of aromatic nitrogens is 3. The van der Waals surface area contributed by atoms with Crippen LogP contribution in [0.15, 0.2) is 195 Å². The van der Waals surface area contributed by atoms with Crippen LogP contribution in [0.1, 0.15) is 16.8 Å². The molecule has 0 bridgehead atoms. The molecule has 4 heteroatoms. The van der Waals surface area contributed by atoms with E-state index < -0.39 is 0 Å². The third kappa shape index (κ3) is 6.17. The fraction of sp³-hybridized carbons (Fsp3) is 0.0179. The Bertz CT molecular complexity index is 3430. The second-order valence-corrected chi connectivity index (χ2v) is 16.3. The molecule has 0 atom stereocenters. The minimum atomic E-state index is 0.697. The van der Waals surface area contributed by atoms with Gasteiger partial charge >= 0.3 is 0 Å². The standard InChI is InChI=1S/C56H37N3S/c1-35(25-31-43-36(2)42-19-9-10-20-44(42)46-22-12-11-21-45(43)46)54-53-47-23-13-14-24-52(47)60-55(53)48-33-41(30-32-49(48)57-54)37-26-28-40(29-27-37)56-58-50(38-15-5-3-6-16-38)34-51(59-56)39-17-7-4-8-18-39/h3-34H,1H2,2H3/b31-25-.